The third-order valence-electron chi connectivity index (χ3n) is 6.17. The molecular formula is C23H33NO4. The fourth-order valence-electron chi connectivity index (χ4n) is 4.55. The number of methoxy groups -OCH3 is 1. The number of benzene rings is 1. The van der Waals surface area contributed by atoms with E-state index in [4.69, 9.17) is 9.47 Å². The van der Waals surface area contributed by atoms with Crippen LogP contribution in [0, 0.1) is 17.8 Å². The Labute approximate surface area is 168 Å². The third kappa shape index (κ3) is 5.27. The topological polar surface area (TPSA) is 55.8 Å². The quantitative estimate of drug-likeness (QED) is 0.636. The van der Waals surface area contributed by atoms with Crippen molar-refractivity contribution in [1.82, 2.24) is 4.90 Å². The molecule has 0 N–H and O–H groups in total. The van der Waals surface area contributed by atoms with Gasteiger partial charge in [0.2, 0.25) is 5.91 Å². The molecular weight excluding hydrogens is 354 g/mol. The molecule has 1 aromatic carbocycles. The minimum absolute atomic E-state index is 0.0985. The second-order valence-corrected chi connectivity index (χ2v) is 8.22. The summed E-state index contributed by atoms with van der Waals surface area (Å²) in [7, 11) is 1.63. The first-order valence-electron chi connectivity index (χ1n) is 10.7. The number of fused-ring (bicyclic) bond motifs is 1. The van der Waals surface area contributed by atoms with Crippen molar-refractivity contribution in [3.8, 4) is 5.75 Å². The zero-order chi connectivity index (χ0) is 19.9. The summed E-state index contributed by atoms with van der Waals surface area (Å²) in [5.41, 5.74) is 1.02. The Morgan fingerprint density at radius 3 is 2.32 bits per heavy atom. The number of carbonyl (C=O) groups excluding carboxylic acids is 2. The van der Waals surface area contributed by atoms with Crippen LogP contribution in [0.5, 0.6) is 5.75 Å². The third-order valence-corrected chi connectivity index (χ3v) is 6.17. The summed E-state index contributed by atoms with van der Waals surface area (Å²) in [5, 5.41) is 0. The molecule has 1 amide bonds. The second kappa shape index (κ2) is 9.94. The number of hydrogen-bond donors (Lipinski definition) is 0. The smallest absolute Gasteiger partial charge is 0.309 e. The van der Waals surface area contributed by atoms with Crippen LogP contribution in [-0.2, 0) is 20.7 Å². The Hall–Kier alpha value is -2.04. The van der Waals surface area contributed by atoms with Gasteiger partial charge in [0.1, 0.15) is 5.75 Å². The van der Waals surface area contributed by atoms with Gasteiger partial charge in [-0.05, 0) is 55.2 Å². The molecule has 0 spiro atoms. The van der Waals surface area contributed by atoms with E-state index < -0.39 is 5.92 Å². The molecule has 5 heteroatoms. The van der Waals surface area contributed by atoms with E-state index in [1.807, 2.05) is 36.1 Å². The molecule has 3 atom stereocenters. The van der Waals surface area contributed by atoms with Crippen molar-refractivity contribution >= 4 is 11.9 Å². The van der Waals surface area contributed by atoms with E-state index in [0.29, 0.717) is 24.9 Å². The second-order valence-electron chi connectivity index (χ2n) is 8.22. The van der Waals surface area contributed by atoms with E-state index in [0.717, 1.165) is 30.8 Å². The maximum atomic E-state index is 13.0. The number of amides is 1. The SMILES string of the molecule is CCCOC(=O)C(CC(=O)N1CC2CCCCC2C1)Cc1ccc(OC)cc1. The van der Waals surface area contributed by atoms with Gasteiger partial charge in [-0.25, -0.2) is 0 Å². The van der Waals surface area contributed by atoms with Gasteiger partial charge in [0.15, 0.2) is 0 Å². The molecule has 154 valence electrons. The van der Waals surface area contributed by atoms with E-state index >= 15 is 0 Å². The Bertz CT molecular complexity index is 643. The van der Waals surface area contributed by atoms with Gasteiger partial charge in [0.05, 0.1) is 19.6 Å². The van der Waals surface area contributed by atoms with Crippen molar-refractivity contribution < 1.29 is 19.1 Å². The van der Waals surface area contributed by atoms with Crippen molar-refractivity contribution in [2.45, 2.75) is 51.9 Å². The van der Waals surface area contributed by atoms with Crippen molar-refractivity contribution in [1.29, 1.82) is 0 Å². The Morgan fingerprint density at radius 1 is 1.11 bits per heavy atom. The summed E-state index contributed by atoms with van der Waals surface area (Å²) in [6.07, 6.45) is 6.57. The highest BCUT2D eigenvalue weighted by molar-refractivity contribution is 5.83. The minimum Gasteiger partial charge on any atom is -0.497 e. The van der Waals surface area contributed by atoms with Crippen LogP contribution < -0.4 is 4.74 Å². The largest absolute Gasteiger partial charge is 0.497 e. The fourth-order valence-corrected chi connectivity index (χ4v) is 4.55. The molecule has 1 heterocycles. The van der Waals surface area contributed by atoms with E-state index in [-0.39, 0.29) is 18.3 Å². The van der Waals surface area contributed by atoms with Gasteiger partial charge in [-0.1, -0.05) is 31.9 Å². The minimum atomic E-state index is -0.435. The lowest BCUT2D eigenvalue weighted by atomic mass is 9.82. The summed E-state index contributed by atoms with van der Waals surface area (Å²) in [4.78, 5) is 27.6. The number of ether oxygens (including phenoxy) is 2. The van der Waals surface area contributed by atoms with Gasteiger partial charge >= 0.3 is 5.97 Å². The highest BCUT2D eigenvalue weighted by atomic mass is 16.5. The van der Waals surface area contributed by atoms with Crippen LogP contribution in [0.1, 0.15) is 51.0 Å². The Kier molecular flexibility index (Phi) is 7.35. The van der Waals surface area contributed by atoms with Crippen LogP contribution in [0.4, 0.5) is 0 Å². The van der Waals surface area contributed by atoms with Crippen LogP contribution in [0.3, 0.4) is 0 Å². The molecule has 3 unspecified atom stereocenters. The molecule has 0 aromatic heterocycles. The standard InChI is InChI=1S/C23H33NO4/c1-3-12-28-23(26)20(13-17-8-10-21(27-2)11-9-17)14-22(25)24-15-18-6-4-5-7-19(18)16-24/h8-11,18-20H,3-7,12-16H2,1-2H3. The fraction of sp³-hybridized carbons (Fsp3) is 0.652. The monoisotopic (exact) mass is 387 g/mol. The van der Waals surface area contributed by atoms with Crippen LogP contribution >= 0.6 is 0 Å². The predicted molar refractivity (Wildman–Crippen MR) is 108 cm³/mol. The van der Waals surface area contributed by atoms with Crippen molar-refractivity contribution in [3.63, 3.8) is 0 Å². The van der Waals surface area contributed by atoms with Crippen molar-refractivity contribution in [2.24, 2.45) is 17.8 Å². The van der Waals surface area contributed by atoms with E-state index in [1.165, 1.54) is 25.7 Å². The molecule has 2 aliphatic rings. The lowest BCUT2D eigenvalue weighted by molar-refractivity contribution is -0.151. The first kappa shape index (κ1) is 20.7. The maximum Gasteiger partial charge on any atom is 0.309 e. The molecule has 1 saturated carbocycles. The number of hydrogen-bond acceptors (Lipinski definition) is 4. The summed E-state index contributed by atoms with van der Waals surface area (Å²) in [6.45, 7) is 4.11. The zero-order valence-electron chi connectivity index (χ0n) is 17.2. The molecule has 1 aliphatic carbocycles. The molecule has 0 bridgehead atoms. The van der Waals surface area contributed by atoms with Crippen LogP contribution in [0.2, 0.25) is 0 Å². The summed E-state index contributed by atoms with van der Waals surface area (Å²) in [5.74, 6) is 1.50. The lowest BCUT2D eigenvalue weighted by Crippen LogP contribution is -2.33. The maximum absolute atomic E-state index is 13.0. The molecule has 3 rings (SSSR count). The number of carbonyl (C=O) groups is 2. The molecule has 2 fully saturated rings. The van der Waals surface area contributed by atoms with Gasteiger partial charge in [-0.2, -0.15) is 0 Å². The predicted octanol–water partition coefficient (Wildman–Crippen LogP) is 3.85. The molecule has 0 radical (unpaired) electrons. The summed E-state index contributed by atoms with van der Waals surface area (Å²) < 4.78 is 10.6. The molecule has 1 aromatic rings. The Morgan fingerprint density at radius 2 is 1.75 bits per heavy atom. The van der Waals surface area contributed by atoms with Crippen molar-refractivity contribution in [3.05, 3.63) is 29.8 Å². The Balaban J connectivity index is 1.63. The zero-order valence-corrected chi connectivity index (χ0v) is 17.2. The van der Waals surface area contributed by atoms with E-state index in [2.05, 4.69) is 0 Å². The number of esters is 1. The van der Waals surface area contributed by atoms with E-state index in [1.54, 1.807) is 7.11 Å². The number of likely N-dealkylation sites (tertiary alicyclic amines) is 1. The molecule has 1 saturated heterocycles. The number of nitrogens with zero attached hydrogens (tertiary/aromatic N) is 1. The first-order valence-corrected chi connectivity index (χ1v) is 10.7. The van der Waals surface area contributed by atoms with Crippen LogP contribution in [-0.4, -0.2) is 43.6 Å². The molecule has 28 heavy (non-hydrogen) atoms. The van der Waals surface area contributed by atoms with Gasteiger partial charge in [-0.3, -0.25) is 9.59 Å². The van der Waals surface area contributed by atoms with Gasteiger partial charge in [-0.15, -0.1) is 0 Å². The highest BCUT2D eigenvalue weighted by Crippen LogP contribution is 2.36. The number of rotatable bonds is 8. The van der Waals surface area contributed by atoms with Crippen molar-refractivity contribution in [2.75, 3.05) is 26.8 Å². The van der Waals surface area contributed by atoms with Crippen LogP contribution in [0.25, 0.3) is 0 Å². The molecule has 5 nitrogen and oxygen atoms in total. The molecule has 1 aliphatic heterocycles. The first-order chi connectivity index (χ1) is 13.6. The summed E-state index contributed by atoms with van der Waals surface area (Å²) in [6, 6.07) is 7.68. The normalized spacial score (nSPS) is 22.4. The highest BCUT2D eigenvalue weighted by Gasteiger charge is 2.37. The summed E-state index contributed by atoms with van der Waals surface area (Å²) >= 11 is 0. The van der Waals surface area contributed by atoms with Gasteiger partial charge in [0, 0.05) is 19.5 Å². The lowest BCUT2D eigenvalue weighted by Gasteiger charge is -2.22. The van der Waals surface area contributed by atoms with Gasteiger partial charge < -0.3 is 14.4 Å². The average molecular weight is 388 g/mol. The average Bonchev–Trinajstić information content (AvgIpc) is 3.16. The van der Waals surface area contributed by atoms with E-state index in [9.17, 15) is 9.59 Å². The van der Waals surface area contributed by atoms with Gasteiger partial charge in [0.25, 0.3) is 0 Å². The van der Waals surface area contributed by atoms with Crippen LogP contribution in [0.15, 0.2) is 24.3 Å².